The molecule has 1 aliphatic rings. The zero-order valence-corrected chi connectivity index (χ0v) is 11.1. The van der Waals surface area contributed by atoms with Gasteiger partial charge in [0.25, 0.3) is 0 Å². The highest BCUT2D eigenvalue weighted by Crippen LogP contribution is 2.36. The van der Waals surface area contributed by atoms with E-state index in [-0.39, 0.29) is 17.8 Å². The van der Waals surface area contributed by atoms with E-state index in [1.54, 1.807) is 7.11 Å². The Hall–Kier alpha value is -1.30. The average molecular weight is 257 g/mol. The summed E-state index contributed by atoms with van der Waals surface area (Å²) in [5, 5.41) is 14.8. The van der Waals surface area contributed by atoms with Gasteiger partial charge in [0.05, 0.1) is 6.61 Å². The molecule has 1 amide bonds. The van der Waals surface area contributed by atoms with Gasteiger partial charge in [-0.1, -0.05) is 24.4 Å². The summed E-state index contributed by atoms with van der Waals surface area (Å²) >= 11 is 0. The number of ether oxygens (including phenoxy) is 1. The quantitative estimate of drug-likeness (QED) is 0.294. The Labute approximate surface area is 108 Å². The monoisotopic (exact) mass is 257 g/mol. The molecule has 1 atom stereocenters. The molecule has 1 saturated carbocycles. The second-order valence-electron chi connectivity index (χ2n) is 4.96. The van der Waals surface area contributed by atoms with Crippen molar-refractivity contribution in [1.82, 2.24) is 5.32 Å². The number of methoxy groups -OCH3 is 1. The van der Waals surface area contributed by atoms with Gasteiger partial charge in [-0.3, -0.25) is 4.79 Å². The number of nitrogens with zero attached hydrogens (tertiary/aromatic N) is 1. The molecule has 0 aromatic rings. The molecule has 0 heterocycles. The molecule has 0 aromatic carbocycles. The fourth-order valence-electron chi connectivity index (χ4n) is 2.50. The van der Waals surface area contributed by atoms with Crippen LogP contribution in [-0.2, 0) is 9.53 Å². The SMILES string of the molecule is COCC(C)NC(=O)C1(C(N)=NO)CCCCC1. The van der Waals surface area contributed by atoms with Crippen LogP contribution in [0.1, 0.15) is 39.0 Å². The summed E-state index contributed by atoms with van der Waals surface area (Å²) in [6, 6.07) is -0.0900. The Kier molecular flexibility index (Phi) is 5.40. The van der Waals surface area contributed by atoms with Gasteiger partial charge < -0.3 is 21.0 Å². The predicted molar refractivity (Wildman–Crippen MR) is 68.4 cm³/mol. The summed E-state index contributed by atoms with van der Waals surface area (Å²) in [6.45, 7) is 2.31. The van der Waals surface area contributed by atoms with E-state index >= 15 is 0 Å². The van der Waals surface area contributed by atoms with Crippen LogP contribution in [0.2, 0.25) is 0 Å². The number of amidine groups is 1. The van der Waals surface area contributed by atoms with Crippen molar-refractivity contribution in [2.75, 3.05) is 13.7 Å². The number of carbonyl (C=O) groups excluding carboxylic acids is 1. The summed E-state index contributed by atoms with van der Waals surface area (Å²) in [5.74, 6) is -0.147. The van der Waals surface area contributed by atoms with Crippen molar-refractivity contribution in [3.05, 3.63) is 0 Å². The van der Waals surface area contributed by atoms with E-state index in [1.807, 2.05) is 6.92 Å². The van der Waals surface area contributed by atoms with E-state index < -0.39 is 5.41 Å². The van der Waals surface area contributed by atoms with Crippen LogP contribution in [0.4, 0.5) is 0 Å². The molecule has 18 heavy (non-hydrogen) atoms. The number of nitrogens with one attached hydrogen (secondary N) is 1. The molecule has 0 aliphatic heterocycles. The molecule has 1 unspecified atom stereocenters. The maximum atomic E-state index is 12.4. The van der Waals surface area contributed by atoms with Crippen molar-refractivity contribution in [2.24, 2.45) is 16.3 Å². The Balaban J connectivity index is 2.80. The summed E-state index contributed by atoms with van der Waals surface area (Å²) in [6.07, 6.45) is 4.19. The third kappa shape index (κ3) is 3.13. The first-order valence-electron chi connectivity index (χ1n) is 6.34. The van der Waals surface area contributed by atoms with E-state index in [4.69, 9.17) is 15.7 Å². The second-order valence-corrected chi connectivity index (χ2v) is 4.96. The van der Waals surface area contributed by atoms with Gasteiger partial charge in [0, 0.05) is 13.2 Å². The Morgan fingerprint density at radius 1 is 1.50 bits per heavy atom. The van der Waals surface area contributed by atoms with Gasteiger partial charge in [-0.15, -0.1) is 0 Å². The predicted octanol–water partition coefficient (Wildman–Crippen LogP) is 0.834. The molecule has 1 fully saturated rings. The molecular weight excluding hydrogens is 234 g/mol. The standard InChI is InChI=1S/C12H23N3O3/c1-9(8-18-2)14-11(16)12(10(13)15-17)6-4-3-5-7-12/h9,17H,3-8H2,1-2H3,(H2,13,15)(H,14,16). The van der Waals surface area contributed by atoms with Gasteiger partial charge in [-0.2, -0.15) is 0 Å². The lowest BCUT2D eigenvalue weighted by molar-refractivity contribution is -0.130. The smallest absolute Gasteiger partial charge is 0.234 e. The van der Waals surface area contributed by atoms with E-state index in [9.17, 15) is 4.79 Å². The molecule has 4 N–H and O–H groups in total. The summed E-state index contributed by atoms with van der Waals surface area (Å²) in [7, 11) is 1.59. The normalized spacial score (nSPS) is 21.3. The highest BCUT2D eigenvalue weighted by atomic mass is 16.5. The first-order valence-corrected chi connectivity index (χ1v) is 6.34. The first kappa shape index (κ1) is 14.8. The fraction of sp³-hybridized carbons (Fsp3) is 0.833. The molecule has 6 heteroatoms. The van der Waals surface area contributed by atoms with Gasteiger partial charge in [-0.05, 0) is 19.8 Å². The van der Waals surface area contributed by atoms with E-state index in [0.717, 1.165) is 19.3 Å². The summed E-state index contributed by atoms with van der Waals surface area (Å²) in [5.41, 5.74) is 4.89. The molecule has 6 nitrogen and oxygen atoms in total. The molecule has 1 rings (SSSR count). The largest absolute Gasteiger partial charge is 0.409 e. The van der Waals surface area contributed by atoms with Gasteiger partial charge in [0.15, 0.2) is 5.84 Å². The van der Waals surface area contributed by atoms with E-state index in [2.05, 4.69) is 10.5 Å². The van der Waals surface area contributed by atoms with Crippen LogP contribution in [0.15, 0.2) is 5.16 Å². The fourth-order valence-corrected chi connectivity index (χ4v) is 2.50. The number of amides is 1. The average Bonchev–Trinajstić information content (AvgIpc) is 2.38. The Morgan fingerprint density at radius 2 is 2.11 bits per heavy atom. The van der Waals surface area contributed by atoms with Crippen molar-refractivity contribution in [3.63, 3.8) is 0 Å². The van der Waals surface area contributed by atoms with E-state index in [1.165, 1.54) is 0 Å². The summed E-state index contributed by atoms with van der Waals surface area (Å²) < 4.78 is 4.99. The minimum atomic E-state index is -0.852. The molecular formula is C12H23N3O3. The van der Waals surface area contributed by atoms with Crippen LogP contribution in [0.25, 0.3) is 0 Å². The zero-order chi connectivity index (χ0) is 13.6. The molecule has 0 radical (unpaired) electrons. The zero-order valence-electron chi connectivity index (χ0n) is 11.1. The lowest BCUT2D eigenvalue weighted by Gasteiger charge is -2.35. The Morgan fingerprint density at radius 3 is 2.61 bits per heavy atom. The molecule has 0 spiro atoms. The van der Waals surface area contributed by atoms with Gasteiger partial charge in [0.2, 0.25) is 5.91 Å². The van der Waals surface area contributed by atoms with Crippen molar-refractivity contribution >= 4 is 11.7 Å². The second kappa shape index (κ2) is 6.58. The minimum absolute atomic E-state index is 0.0179. The number of nitrogens with two attached hydrogens (primary N) is 1. The van der Waals surface area contributed by atoms with Crippen LogP contribution in [0, 0.1) is 5.41 Å². The molecule has 0 bridgehead atoms. The number of oxime groups is 1. The van der Waals surface area contributed by atoms with Crippen LogP contribution in [0.3, 0.4) is 0 Å². The van der Waals surface area contributed by atoms with Crippen molar-refractivity contribution in [1.29, 1.82) is 0 Å². The lowest BCUT2D eigenvalue weighted by Crippen LogP contribution is -2.53. The van der Waals surface area contributed by atoms with E-state index in [0.29, 0.717) is 19.4 Å². The molecule has 0 aromatic heterocycles. The van der Waals surface area contributed by atoms with Crippen LogP contribution in [0.5, 0.6) is 0 Å². The third-order valence-electron chi connectivity index (χ3n) is 3.53. The minimum Gasteiger partial charge on any atom is -0.409 e. The number of carbonyl (C=O) groups is 1. The number of hydrogen-bond donors (Lipinski definition) is 3. The first-order chi connectivity index (χ1) is 8.56. The van der Waals surface area contributed by atoms with Gasteiger partial charge in [-0.25, -0.2) is 0 Å². The van der Waals surface area contributed by atoms with Crippen molar-refractivity contribution in [3.8, 4) is 0 Å². The van der Waals surface area contributed by atoms with Crippen LogP contribution in [-0.4, -0.2) is 36.7 Å². The summed E-state index contributed by atoms with van der Waals surface area (Å²) in [4.78, 5) is 12.4. The van der Waals surface area contributed by atoms with Gasteiger partial charge >= 0.3 is 0 Å². The Bertz CT molecular complexity index is 312. The van der Waals surface area contributed by atoms with Crippen molar-refractivity contribution < 1.29 is 14.7 Å². The molecule has 104 valence electrons. The maximum absolute atomic E-state index is 12.4. The molecule has 0 saturated heterocycles. The molecule has 1 aliphatic carbocycles. The highest BCUT2D eigenvalue weighted by molar-refractivity contribution is 6.06. The van der Waals surface area contributed by atoms with Gasteiger partial charge in [0.1, 0.15) is 5.41 Å². The van der Waals surface area contributed by atoms with Crippen molar-refractivity contribution in [2.45, 2.75) is 45.1 Å². The maximum Gasteiger partial charge on any atom is 0.234 e. The topological polar surface area (TPSA) is 96.9 Å². The van der Waals surface area contributed by atoms with Crippen LogP contribution >= 0.6 is 0 Å². The third-order valence-corrected chi connectivity index (χ3v) is 3.53. The number of rotatable bonds is 5. The lowest BCUT2D eigenvalue weighted by atomic mass is 9.72. The number of hydrogen-bond acceptors (Lipinski definition) is 4. The van der Waals surface area contributed by atoms with Crippen LogP contribution < -0.4 is 11.1 Å². The highest BCUT2D eigenvalue weighted by Gasteiger charge is 2.44.